The summed E-state index contributed by atoms with van der Waals surface area (Å²) in [7, 11) is 1.36. The number of rotatable bonds is 6. The van der Waals surface area contributed by atoms with E-state index in [0.717, 1.165) is 0 Å². The second kappa shape index (κ2) is 7.06. The van der Waals surface area contributed by atoms with Crippen LogP contribution in [0, 0.1) is 22.9 Å². The maximum Gasteiger partial charge on any atom is 0.269 e. The number of non-ortho nitro benzene ring substituents is 1. The standard InChI is InChI=1S/C16H16FNO5/c1-10-7-12(18(20)21)4-6-15(10)23-9-14(19)11-3-5-16(22-2)13(17)8-11/h3-8,14,19H,9H2,1-2H3. The van der Waals surface area contributed by atoms with Gasteiger partial charge in [-0.25, -0.2) is 4.39 Å². The molecule has 1 unspecified atom stereocenters. The van der Waals surface area contributed by atoms with Crippen molar-refractivity contribution in [2.45, 2.75) is 13.0 Å². The van der Waals surface area contributed by atoms with Gasteiger partial charge in [0.1, 0.15) is 18.5 Å². The molecule has 0 aliphatic heterocycles. The topological polar surface area (TPSA) is 81.8 Å². The van der Waals surface area contributed by atoms with E-state index in [1.54, 1.807) is 13.0 Å². The van der Waals surface area contributed by atoms with Crippen molar-refractivity contribution in [3.8, 4) is 11.5 Å². The molecule has 0 amide bonds. The van der Waals surface area contributed by atoms with Crippen molar-refractivity contribution in [2.75, 3.05) is 13.7 Å². The summed E-state index contributed by atoms with van der Waals surface area (Å²) in [6, 6.07) is 8.31. The zero-order chi connectivity index (χ0) is 17.0. The number of methoxy groups -OCH3 is 1. The highest BCUT2D eigenvalue weighted by Crippen LogP contribution is 2.26. The van der Waals surface area contributed by atoms with E-state index in [1.807, 2.05) is 0 Å². The molecule has 0 spiro atoms. The molecule has 0 saturated heterocycles. The predicted molar refractivity (Wildman–Crippen MR) is 81.2 cm³/mol. The highest BCUT2D eigenvalue weighted by Gasteiger charge is 2.14. The van der Waals surface area contributed by atoms with E-state index in [9.17, 15) is 19.6 Å². The minimum Gasteiger partial charge on any atom is -0.494 e. The first kappa shape index (κ1) is 16.7. The van der Waals surface area contributed by atoms with E-state index in [0.29, 0.717) is 16.9 Å². The van der Waals surface area contributed by atoms with Gasteiger partial charge in [0, 0.05) is 12.1 Å². The van der Waals surface area contributed by atoms with Crippen molar-refractivity contribution in [1.82, 2.24) is 0 Å². The number of aryl methyl sites for hydroxylation is 1. The maximum absolute atomic E-state index is 13.6. The molecule has 2 rings (SSSR count). The lowest BCUT2D eigenvalue weighted by Gasteiger charge is -2.14. The Morgan fingerprint density at radius 1 is 1.26 bits per heavy atom. The highest BCUT2D eigenvalue weighted by atomic mass is 19.1. The van der Waals surface area contributed by atoms with Crippen LogP contribution in [0.4, 0.5) is 10.1 Å². The first-order chi connectivity index (χ1) is 10.9. The lowest BCUT2D eigenvalue weighted by molar-refractivity contribution is -0.384. The Morgan fingerprint density at radius 3 is 2.52 bits per heavy atom. The molecule has 1 N–H and O–H groups in total. The summed E-state index contributed by atoms with van der Waals surface area (Å²) in [5.41, 5.74) is 0.891. The molecular formula is C16H16FNO5. The molecule has 122 valence electrons. The van der Waals surface area contributed by atoms with Crippen LogP contribution in [-0.4, -0.2) is 23.7 Å². The van der Waals surface area contributed by atoms with Crippen molar-refractivity contribution in [3.63, 3.8) is 0 Å². The lowest BCUT2D eigenvalue weighted by Crippen LogP contribution is -2.10. The number of halogens is 1. The van der Waals surface area contributed by atoms with Gasteiger partial charge in [-0.2, -0.15) is 0 Å². The average molecular weight is 321 g/mol. The zero-order valence-corrected chi connectivity index (χ0v) is 12.7. The average Bonchev–Trinajstić information content (AvgIpc) is 2.53. The van der Waals surface area contributed by atoms with E-state index in [1.165, 1.54) is 37.4 Å². The van der Waals surface area contributed by atoms with Crippen molar-refractivity contribution in [2.24, 2.45) is 0 Å². The third-order valence-corrected chi connectivity index (χ3v) is 3.33. The minimum absolute atomic E-state index is 0.0346. The van der Waals surface area contributed by atoms with Crippen LogP contribution < -0.4 is 9.47 Å². The van der Waals surface area contributed by atoms with Crippen molar-refractivity contribution >= 4 is 5.69 Å². The number of aliphatic hydroxyl groups is 1. The van der Waals surface area contributed by atoms with E-state index >= 15 is 0 Å². The third kappa shape index (κ3) is 3.95. The minimum atomic E-state index is -1.04. The summed E-state index contributed by atoms with van der Waals surface area (Å²) in [4.78, 5) is 10.2. The van der Waals surface area contributed by atoms with Gasteiger partial charge >= 0.3 is 0 Å². The van der Waals surface area contributed by atoms with Crippen molar-refractivity contribution < 1.29 is 23.9 Å². The summed E-state index contributed by atoms with van der Waals surface area (Å²) in [6.45, 7) is 1.56. The Hall–Kier alpha value is -2.67. The lowest BCUT2D eigenvalue weighted by atomic mass is 10.1. The Morgan fingerprint density at radius 2 is 1.96 bits per heavy atom. The number of nitro benzene ring substituents is 1. The fourth-order valence-corrected chi connectivity index (χ4v) is 2.06. The fourth-order valence-electron chi connectivity index (χ4n) is 2.06. The quantitative estimate of drug-likeness (QED) is 0.653. The van der Waals surface area contributed by atoms with Crippen molar-refractivity contribution in [1.29, 1.82) is 0 Å². The number of hydrogen-bond acceptors (Lipinski definition) is 5. The number of nitrogens with zero attached hydrogens (tertiary/aromatic N) is 1. The van der Waals surface area contributed by atoms with Gasteiger partial charge in [0.15, 0.2) is 11.6 Å². The molecule has 7 heteroatoms. The molecular weight excluding hydrogens is 305 g/mol. The molecule has 0 radical (unpaired) electrons. The monoisotopic (exact) mass is 321 g/mol. The van der Waals surface area contributed by atoms with Gasteiger partial charge < -0.3 is 14.6 Å². The predicted octanol–water partition coefficient (Wildman–Crippen LogP) is 3.16. The molecule has 1 atom stereocenters. The Balaban J connectivity index is 2.05. The van der Waals surface area contributed by atoms with Gasteiger partial charge in [0.05, 0.1) is 12.0 Å². The number of benzene rings is 2. The SMILES string of the molecule is COc1ccc(C(O)COc2ccc([N+](=O)[O-])cc2C)cc1F. The summed E-state index contributed by atoms with van der Waals surface area (Å²) in [5.74, 6) is -0.0627. The summed E-state index contributed by atoms with van der Waals surface area (Å²) in [5, 5.41) is 20.7. The van der Waals surface area contributed by atoms with E-state index in [-0.39, 0.29) is 18.0 Å². The van der Waals surface area contributed by atoms with Crippen LogP contribution in [0.2, 0.25) is 0 Å². The normalized spacial score (nSPS) is 11.8. The summed E-state index contributed by atoms with van der Waals surface area (Å²) >= 11 is 0. The van der Waals surface area contributed by atoms with Gasteiger partial charge in [-0.1, -0.05) is 6.07 Å². The first-order valence-electron chi connectivity index (χ1n) is 6.81. The number of ether oxygens (including phenoxy) is 2. The van der Waals surface area contributed by atoms with Gasteiger partial charge in [0.2, 0.25) is 0 Å². The van der Waals surface area contributed by atoms with Crippen LogP contribution in [0.25, 0.3) is 0 Å². The van der Waals surface area contributed by atoms with Crippen LogP contribution >= 0.6 is 0 Å². The van der Waals surface area contributed by atoms with E-state index in [2.05, 4.69) is 0 Å². The molecule has 0 aromatic heterocycles. The highest BCUT2D eigenvalue weighted by molar-refractivity contribution is 5.43. The molecule has 0 bridgehead atoms. The molecule has 6 nitrogen and oxygen atoms in total. The van der Waals surface area contributed by atoms with Crippen LogP contribution in [0.5, 0.6) is 11.5 Å². The maximum atomic E-state index is 13.6. The summed E-state index contributed by atoms with van der Waals surface area (Å²) in [6.07, 6.45) is -1.04. The van der Waals surface area contributed by atoms with Crippen molar-refractivity contribution in [3.05, 3.63) is 63.5 Å². The molecule has 23 heavy (non-hydrogen) atoms. The van der Waals surface area contributed by atoms with E-state index in [4.69, 9.17) is 9.47 Å². The summed E-state index contributed by atoms with van der Waals surface area (Å²) < 4.78 is 23.9. The second-order valence-corrected chi connectivity index (χ2v) is 4.93. The Kier molecular flexibility index (Phi) is 5.13. The van der Waals surface area contributed by atoms with Crippen LogP contribution in [0.15, 0.2) is 36.4 Å². The molecule has 0 aliphatic rings. The first-order valence-corrected chi connectivity index (χ1v) is 6.81. The Labute approximate surface area is 132 Å². The second-order valence-electron chi connectivity index (χ2n) is 4.93. The number of nitro groups is 1. The fraction of sp³-hybridized carbons (Fsp3) is 0.250. The smallest absolute Gasteiger partial charge is 0.269 e. The molecule has 0 saturated carbocycles. The molecule has 0 fully saturated rings. The molecule has 0 aliphatic carbocycles. The Bertz CT molecular complexity index is 720. The largest absolute Gasteiger partial charge is 0.494 e. The molecule has 0 heterocycles. The van der Waals surface area contributed by atoms with Gasteiger partial charge in [-0.05, 0) is 36.2 Å². The van der Waals surface area contributed by atoms with Gasteiger partial charge in [0.25, 0.3) is 5.69 Å². The van der Waals surface area contributed by atoms with E-state index < -0.39 is 16.8 Å². The zero-order valence-electron chi connectivity index (χ0n) is 12.7. The third-order valence-electron chi connectivity index (χ3n) is 3.33. The van der Waals surface area contributed by atoms with Crippen LogP contribution in [0.1, 0.15) is 17.2 Å². The molecule has 2 aromatic rings. The number of aliphatic hydroxyl groups excluding tert-OH is 1. The van der Waals surface area contributed by atoms with Gasteiger partial charge in [-0.15, -0.1) is 0 Å². The molecule has 2 aromatic carbocycles. The van der Waals surface area contributed by atoms with Gasteiger partial charge in [-0.3, -0.25) is 10.1 Å². The van der Waals surface area contributed by atoms with Crippen LogP contribution in [0.3, 0.4) is 0 Å². The number of hydrogen-bond donors (Lipinski definition) is 1. The van der Waals surface area contributed by atoms with Crippen LogP contribution in [-0.2, 0) is 0 Å².